The van der Waals surface area contributed by atoms with Crippen LogP contribution in [0.1, 0.15) is 37.7 Å². The van der Waals surface area contributed by atoms with Crippen molar-refractivity contribution in [2.24, 2.45) is 0 Å². The fourth-order valence-electron chi connectivity index (χ4n) is 4.27. The molecule has 0 unspecified atom stereocenters. The first-order valence-electron chi connectivity index (χ1n) is 10.9. The molecule has 1 aliphatic rings. The van der Waals surface area contributed by atoms with Gasteiger partial charge >= 0.3 is 6.01 Å². The predicted octanol–water partition coefficient (Wildman–Crippen LogP) is 7.60. The maximum Gasteiger partial charge on any atom is 0.316 e. The average molecular weight is 503 g/mol. The van der Waals surface area contributed by atoms with E-state index >= 15 is 0 Å². The first kappa shape index (κ1) is 22.3. The first-order valence-corrected chi connectivity index (χ1v) is 12.0. The number of nitrogens with one attached hydrogen (secondary N) is 1. The molecule has 5 rings (SSSR count). The summed E-state index contributed by atoms with van der Waals surface area (Å²) in [6.45, 7) is 1.98. The van der Waals surface area contributed by atoms with Crippen LogP contribution in [-0.2, 0) is 0 Å². The Bertz CT molecular complexity index is 1280. The van der Waals surface area contributed by atoms with E-state index in [0.717, 1.165) is 29.7 Å². The summed E-state index contributed by atoms with van der Waals surface area (Å²) in [7, 11) is 0. The fourth-order valence-corrected chi connectivity index (χ4v) is 4.89. The first-order chi connectivity index (χ1) is 16.0. The van der Waals surface area contributed by atoms with Crippen LogP contribution in [0.3, 0.4) is 0 Å². The Morgan fingerprint density at radius 3 is 2.39 bits per heavy atom. The van der Waals surface area contributed by atoms with E-state index in [1.165, 1.54) is 19.3 Å². The largest absolute Gasteiger partial charge is 0.402 e. The summed E-state index contributed by atoms with van der Waals surface area (Å²) < 4.78 is 7.76. The predicted molar refractivity (Wildman–Crippen MR) is 133 cm³/mol. The van der Waals surface area contributed by atoms with Crippen molar-refractivity contribution in [3.8, 4) is 28.5 Å². The Morgan fingerprint density at radius 2 is 1.67 bits per heavy atom. The third-order valence-corrected chi connectivity index (χ3v) is 6.73. The standard InChI is InChI=1S/C24H22Cl3N5O/c1-14-21(23-29-30-24(33-23)28-18-5-3-2-4-6-18)31-32(20-12-11-17(26)13-19(20)27)22(14)15-7-9-16(25)10-8-15/h7-13,18H,2-6H2,1H3,(H,28,30). The highest BCUT2D eigenvalue weighted by atomic mass is 35.5. The molecule has 6 nitrogen and oxygen atoms in total. The lowest BCUT2D eigenvalue weighted by atomic mass is 9.96. The molecule has 0 aliphatic heterocycles. The fraction of sp³-hybridized carbons (Fsp3) is 0.292. The molecule has 1 N–H and O–H groups in total. The van der Waals surface area contributed by atoms with Crippen LogP contribution in [0, 0.1) is 6.92 Å². The summed E-state index contributed by atoms with van der Waals surface area (Å²) in [4.78, 5) is 0. The molecule has 0 bridgehead atoms. The van der Waals surface area contributed by atoms with Crippen molar-refractivity contribution in [2.75, 3.05) is 5.32 Å². The minimum absolute atomic E-state index is 0.352. The van der Waals surface area contributed by atoms with E-state index in [0.29, 0.717) is 44.4 Å². The van der Waals surface area contributed by atoms with Crippen LogP contribution in [0.25, 0.3) is 28.5 Å². The normalized spacial score (nSPS) is 14.5. The van der Waals surface area contributed by atoms with Crippen LogP contribution in [0.2, 0.25) is 15.1 Å². The van der Waals surface area contributed by atoms with Gasteiger partial charge < -0.3 is 9.73 Å². The van der Waals surface area contributed by atoms with Crippen molar-refractivity contribution in [2.45, 2.75) is 45.1 Å². The van der Waals surface area contributed by atoms with Gasteiger partial charge in [-0.2, -0.15) is 5.10 Å². The van der Waals surface area contributed by atoms with Crippen LogP contribution in [0.4, 0.5) is 6.01 Å². The number of aromatic nitrogens is 4. The molecule has 0 spiro atoms. The second-order valence-corrected chi connectivity index (χ2v) is 9.51. The van der Waals surface area contributed by atoms with Gasteiger partial charge in [-0.15, -0.1) is 5.10 Å². The van der Waals surface area contributed by atoms with Crippen LogP contribution in [0.15, 0.2) is 46.9 Å². The van der Waals surface area contributed by atoms with E-state index in [1.54, 1.807) is 16.8 Å². The number of hydrogen-bond acceptors (Lipinski definition) is 5. The summed E-state index contributed by atoms with van der Waals surface area (Å²) in [5.41, 5.74) is 3.96. The van der Waals surface area contributed by atoms with Gasteiger partial charge in [-0.25, -0.2) is 4.68 Å². The second kappa shape index (κ2) is 9.37. The van der Waals surface area contributed by atoms with E-state index in [-0.39, 0.29) is 0 Å². The van der Waals surface area contributed by atoms with Gasteiger partial charge in [0.25, 0.3) is 5.89 Å². The number of benzene rings is 2. The number of rotatable bonds is 5. The molecule has 0 saturated heterocycles. The average Bonchev–Trinajstić information content (AvgIpc) is 3.39. The Kier molecular flexibility index (Phi) is 6.32. The second-order valence-electron chi connectivity index (χ2n) is 8.23. The summed E-state index contributed by atoms with van der Waals surface area (Å²) in [6, 6.07) is 13.7. The Labute approximate surface area is 206 Å². The SMILES string of the molecule is Cc1c(-c2nnc(NC3CCCCC3)o2)nn(-c2ccc(Cl)cc2Cl)c1-c1ccc(Cl)cc1. The minimum atomic E-state index is 0.352. The topological polar surface area (TPSA) is 68.8 Å². The van der Waals surface area contributed by atoms with Gasteiger partial charge in [0.15, 0.2) is 5.69 Å². The molecule has 4 aromatic rings. The zero-order chi connectivity index (χ0) is 22.9. The highest BCUT2D eigenvalue weighted by Gasteiger charge is 2.24. The van der Waals surface area contributed by atoms with Crippen molar-refractivity contribution in [3.05, 3.63) is 63.1 Å². The molecule has 9 heteroatoms. The lowest BCUT2D eigenvalue weighted by Gasteiger charge is -2.21. The lowest BCUT2D eigenvalue weighted by molar-refractivity contribution is 0.449. The maximum absolute atomic E-state index is 6.54. The molecule has 2 aromatic carbocycles. The van der Waals surface area contributed by atoms with Crippen LogP contribution in [0.5, 0.6) is 0 Å². The van der Waals surface area contributed by atoms with Gasteiger partial charge in [-0.05, 0) is 50.1 Å². The van der Waals surface area contributed by atoms with Crippen LogP contribution >= 0.6 is 34.8 Å². The molecular formula is C24H22Cl3N5O. The van der Waals surface area contributed by atoms with Crippen molar-refractivity contribution in [1.29, 1.82) is 0 Å². The van der Waals surface area contributed by atoms with Gasteiger partial charge in [0.2, 0.25) is 0 Å². The smallest absolute Gasteiger partial charge is 0.316 e. The maximum atomic E-state index is 6.54. The molecule has 2 heterocycles. The lowest BCUT2D eigenvalue weighted by Crippen LogP contribution is -2.22. The van der Waals surface area contributed by atoms with Crippen LogP contribution < -0.4 is 5.32 Å². The number of halogens is 3. The van der Waals surface area contributed by atoms with E-state index in [4.69, 9.17) is 44.3 Å². The van der Waals surface area contributed by atoms with E-state index < -0.39 is 0 Å². The summed E-state index contributed by atoms with van der Waals surface area (Å²) >= 11 is 18.8. The Balaban J connectivity index is 1.58. The number of nitrogens with zero attached hydrogens (tertiary/aromatic N) is 4. The quantitative estimate of drug-likeness (QED) is 0.304. The number of anilines is 1. The van der Waals surface area contributed by atoms with E-state index in [2.05, 4.69) is 15.5 Å². The molecule has 0 atom stereocenters. The van der Waals surface area contributed by atoms with Crippen molar-refractivity contribution < 1.29 is 4.42 Å². The van der Waals surface area contributed by atoms with E-state index in [1.807, 2.05) is 37.3 Å². The van der Waals surface area contributed by atoms with Gasteiger partial charge in [0.1, 0.15) is 0 Å². The van der Waals surface area contributed by atoms with Crippen molar-refractivity contribution in [3.63, 3.8) is 0 Å². The monoisotopic (exact) mass is 501 g/mol. The third kappa shape index (κ3) is 4.60. The van der Waals surface area contributed by atoms with Gasteiger partial charge in [-0.3, -0.25) is 0 Å². The van der Waals surface area contributed by atoms with Gasteiger partial charge in [0, 0.05) is 27.2 Å². The van der Waals surface area contributed by atoms with Gasteiger partial charge in [0.05, 0.1) is 16.4 Å². The molecule has 33 heavy (non-hydrogen) atoms. The molecule has 0 radical (unpaired) electrons. The molecule has 0 amide bonds. The van der Waals surface area contributed by atoms with Crippen LogP contribution in [-0.4, -0.2) is 26.0 Å². The van der Waals surface area contributed by atoms with Crippen molar-refractivity contribution >= 4 is 40.8 Å². The third-order valence-electron chi connectivity index (χ3n) is 5.94. The molecule has 170 valence electrons. The van der Waals surface area contributed by atoms with Gasteiger partial charge in [-0.1, -0.05) is 71.3 Å². The molecule has 1 fully saturated rings. The highest BCUT2D eigenvalue weighted by molar-refractivity contribution is 6.35. The Hall–Kier alpha value is -2.54. The summed E-state index contributed by atoms with van der Waals surface area (Å²) in [6.07, 6.45) is 5.94. The molecule has 2 aromatic heterocycles. The van der Waals surface area contributed by atoms with E-state index in [9.17, 15) is 0 Å². The zero-order valence-corrected chi connectivity index (χ0v) is 20.3. The zero-order valence-electron chi connectivity index (χ0n) is 18.0. The Morgan fingerprint density at radius 1 is 0.939 bits per heavy atom. The highest BCUT2D eigenvalue weighted by Crippen LogP contribution is 2.36. The molecular weight excluding hydrogens is 481 g/mol. The number of hydrogen-bond donors (Lipinski definition) is 1. The molecule has 1 aliphatic carbocycles. The van der Waals surface area contributed by atoms with Crippen molar-refractivity contribution in [1.82, 2.24) is 20.0 Å². The molecule has 1 saturated carbocycles. The summed E-state index contributed by atoms with van der Waals surface area (Å²) in [5, 5.41) is 18.4. The minimum Gasteiger partial charge on any atom is -0.402 e. The summed E-state index contributed by atoms with van der Waals surface area (Å²) in [5.74, 6) is 0.352.